The Labute approximate surface area is 84.3 Å². The second-order valence-electron chi connectivity index (χ2n) is 2.92. The smallest absolute Gasteiger partial charge is 0.352 e. The van der Waals surface area contributed by atoms with Crippen molar-refractivity contribution in [3.05, 3.63) is 30.1 Å². The van der Waals surface area contributed by atoms with Crippen LogP contribution in [0.2, 0.25) is 0 Å². The Balaban J connectivity index is 2.35. The third kappa shape index (κ3) is 4.99. The van der Waals surface area contributed by atoms with Gasteiger partial charge in [-0.1, -0.05) is 0 Å². The molecule has 6 heteroatoms. The van der Waals surface area contributed by atoms with Gasteiger partial charge < -0.3 is 5.32 Å². The highest BCUT2D eigenvalue weighted by molar-refractivity contribution is 5.76. The van der Waals surface area contributed by atoms with Crippen LogP contribution >= 0.6 is 0 Å². The molecular weight excluding hydrogens is 209 g/mol. The molecule has 0 saturated carbocycles. The molecule has 1 heterocycles. The quantitative estimate of drug-likeness (QED) is 0.838. The second kappa shape index (κ2) is 4.77. The molecule has 0 aliphatic heterocycles. The maximum Gasteiger partial charge on any atom is 0.397 e. The van der Waals surface area contributed by atoms with Gasteiger partial charge in [0.1, 0.15) is 6.42 Å². The van der Waals surface area contributed by atoms with E-state index in [1.54, 1.807) is 12.1 Å². The highest BCUT2D eigenvalue weighted by Gasteiger charge is 2.30. The van der Waals surface area contributed by atoms with Crippen LogP contribution in [0, 0.1) is 0 Å². The highest BCUT2D eigenvalue weighted by Crippen LogP contribution is 2.18. The lowest BCUT2D eigenvalue weighted by Gasteiger charge is -2.07. The number of amides is 1. The molecule has 0 saturated heterocycles. The average molecular weight is 218 g/mol. The monoisotopic (exact) mass is 218 g/mol. The lowest BCUT2D eigenvalue weighted by molar-refractivity contribution is -0.153. The largest absolute Gasteiger partial charge is 0.397 e. The van der Waals surface area contributed by atoms with Gasteiger partial charge in [0.2, 0.25) is 5.91 Å². The van der Waals surface area contributed by atoms with Crippen LogP contribution < -0.4 is 5.32 Å². The van der Waals surface area contributed by atoms with Gasteiger partial charge in [-0.2, -0.15) is 13.2 Å². The van der Waals surface area contributed by atoms with Gasteiger partial charge >= 0.3 is 6.18 Å². The van der Waals surface area contributed by atoms with E-state index in [0.29, 0.717) is 5.56 Å². The summed E-state index contributed by atoms with van der Waals surface area (Å²) in [5.74, 6) is -1.03. The van der Waals surface area contributed by atoms with Crippen molar-refractivity contribution < 1.29 is 18.0 Å². The van der Waals surface area contributed by atoms with E-state index in [4.69, 9.17) is 0 Å². The molecule has 0 aromatic carbocycles. The zero-order valence-corrected chi connectivity index (χ0v) is 7.71. The summed E-state index contributed by atoms with van der Waals surface area (Å²) in [6.07, 6.45) is -2.89. The fourth-order valence-electron chi connectivity index (χ4n) is 0.946. The van der Waals surface area contributed by atoms with Gasteiger partial charge in [0, 0.05) is 18.9 Å². The molecule has 0 unspecified atom stereocenters. The first-order valence-electron chi connectivity index (χ1n) is 4.20. The molecular formula is C9H9F3N2O. The SMILES string of the molecule is O=C(CC(F)(F)F)NCc1ccncc1. The van der Waals surface area contributed by atoms with Crippen LogP contribution in [0.15, 0.2) is 24.5 Å². The van der Waals surface area contributed by atoms with Gasteiger partial charge in [0.25, 0.3) is 0 Å². The number of aromatic nitrogens is 1. The molecule has 0 radical (unpaired) electrons. The second-order valence-corrected chi connectivity index (χ2v) is 2.92. The van der Waals surface area contributed by atoms with Crippen LogP contribution in [-0.4, -0.2) is 17.1 Å². The van der Waals surface area contributed by atoms with Crippen LogP contribution in [0.4, 0.5) is 13.2 Å². The molecule has 0 fully saturated rings. The van der Waals surface area contributed by atoms with E-state index in [-0.39, 0.29) is 6.54 Å². The number of pyridine rings is 1. The molecule has 0 spiro atoms. The molecule has 0 bridgehead atoms. The summed E-state index contributed by atoms with van der Waals surface area (Å²) < 4.78 is 35.3. The number of hydrogen-bond donors (Lipinski definition) is 1. The molecule has 1 N–H and O–H groups in total. The van der Waals surface area contributed by atoms with Crippen molar-refractivity contribution in [1.82, 2.24) is 10.3 Å². The molecule has 15 heavy (non-hydrogen) atoms. The fourth-order valence-corrected chi connectivity index (χ4v) is 0.946. The maximum atomic E-state index is 11.8. The lowest BCUT2D eigenvalue weighted by Crippen LogP contribution is -2.28. The maximum absolute atomic E-state index is 11.8. The molecule has 0 atom stereocenters. The van der Waals surface area contributed by atoms with Crippen LogP contribution in [0.1, 0.15) is 12.0 Å². The van der Waals surface area contributed by atoms with Crippen LogP contribution in [-0.2, 0) is 11.3 Å². The summed E-state index contributed by atoms with van der Waals surface area (Å²) in [4.78, 5) is 14.5. The van der Waals surface area contributed by atoms with Crippen molar-refractivity contribution in [1.29, 1.82) is 0 Å². The van der Waals surface area contributed by atoms with Gasteiger partial charge in [-0.05, 0) is 17.7 Å². The number of carbonyl (C=O) groups excluding carboxylic acids is 1. The molecule has 0 aliphatic carbocycles. The first-order valence-corrected chi connectivity index (χ1v) is 4.20. The van der Waals surface area contributed by atoms with E-state index >= 15 is 0 Å². The minimum atomic E-state index is -4.46. The minimum Gasteiger partial charge on any atom is -0.352 e. The van der Waals surface area contributed by atoms with Crippen molar-refractivity contribution in [3.8, 4) is 0 Å². The summed E-state index contributed by atoms with van der Waals surface area (Å²) in [5.41, 5.74) is 0.709. The number of nitrogens with one attached hydrogen (secondary N) is 1. The Morgan fingerprint density at radius 3 is 2.47 bits per heavy atom. The minimum absolute atomic E-state index is 0.0808. The number of alkyl halides is 3. The number of hydrogen-bond acceptors (Lipinski definition) is 2. The standard InChI is InChI=1S/C9H9F3N2O/c10-9(11,12)5-8(15)14-6-7-1-3-13-4-2-7/h1-4H,5-6H2,(H,14,15). The Morgan fingerprint density at radius 2 is 1.93 bits per heavy atom. The zero-order valence-electron chi connectivity index (χ0n) is 7.71. The van der Waals surface area contributed by atoms with Crippen molar-refractivity contribution in [2.45, 2.75) is 19.1 Å². The van der Waals surface area contributed by atoms with E-state index in [0.717, 1.165) is 0 Å². The van der Waals surface area contributed by atoms with E-state index in [1.807, 2.05) is 0 Å². The highest BCUT2D eigenvalue weighted by atomic mass is 19.4. The predicted octanol–water partition coefficient (Wildman–Crippen LogP) is 1.65. The first kappa shape index (κ1) is 11.5. The summed E-state index contributed by atoms with van der Waals surface area (Å²) in [6, 6.07) is 3.24. The Kier molecular flexibility index (Phi) is 3.65. The molecule has 82 valence electrons. The van der Waals surface area contributed by atoms with Crippen molar-refractivity contribution in [3.63, 3.8) is 0 Å². The van der Waals surface area contributed by atoms with Crippen LogP contribution in [0.5, 0.6) is 0 Å². The van der Waals surface area contributed by atoms with Gasteiger partial charge in [-0.15, -0.1) is 0 Å². The first-order chi connectivity index (χ1) is 6.97. The summed E-state index contributed by atoms with van der Waals surface area (Å²) >= 11 is 0. The molecule has 3 nitrogen and oxygen atoms in total. The van der Waals surface area contributed by atoms with E-state index < -0.39 is 18.5 Å². The van der Waals surface area contributed by atoms with Crippen LogP contribution in [0.25, 0.3) is 0 Å². The van der Waals surface area contributed by atoms with Crippen molar-refractivity contribution >= 4 is 5.91 Å². The van der Waals surface area contributed by atoms with Gasteiger partial charge in [0.05, 0.1) is 0 Å². The third-order valence-corrected chi connectivity index (χ3v) is 1.60. The molecule has 1 aromatic heterocycles. The normalized spacial score (nSPS) is 11.1. The molecule has 0 aliphatic rings. The molecule has 1 rings (SSSR count). The summed E-state index contributed by atoms with van der Waals surface area (Å²) in [7, 11) is 0. The summed E-state index contributed by atoms with van der Waals surface area (Å²) in [5, 5.41) is 2.17. The number of carbonyl (C=O) groups is 1. The van der Waals surface area contributed by atoms with Gasteiger partial charge in [-0.3, -0.25) is 9.78 Å². The Hall–Kier alpha value is -1.59. The predicted molar refractivity (Wildman–Crippen MR) is 46.8 cm³/mol. The van der Waals surface area contributed by atoms with E-state index in [2.05, 4.69) is 10.3 Å². The molecule has 1 amide bonds. The van der Waals surface area contributed by atoms with Gasteiger partial charge in [0.15, 0.2) is 0 Å². The summed E-state index contributed by atoms with van der Waals surface area (Å²) in [6.45, 7) is 0.0808. The average Bonchev–Trinajstić information content (AvgIpc) is 2.14. The van der Waals surface area contributed by atoms with E-state index in [9.17, 15) is 18.0 Å². The Morgan fingerprint density at radius 1 is 1.33 bits per heavy atom. The van der Waals surface area contributed by atoms with Crippen LogP contribution in [0.3, 0.4) is 0 Å². The topological polar surface area (TPSA) is 42.0 Å². The Bertz CT molecular complexity index is 324. The number of nitrogens with zero attached hydrogens (tertiary/aromatic N) is 1. The van der Waals surface area contributed by atoms with Crippen molar-refractivity contribution in [2.75, 3.05) is 0 Å². The number of halogens is 3. The fraction of sp³-hybridized carbons (Fsp3) is 0.333. The van der Waals surface area contributed by atoms with Gasteiger partial charge in [-0.25, -0.2) is 0 Å². The lowest BCUT2D eigenvalue weighted by atomic mass is 10.2. The third-order valence-electron chi connectivity index (χ3n) is 1.60. The zero-order chi connectivity index (χ0) is 11.3. The number of rotatable bonds is 3. The molecule has 1 aromatic rings. The van der Waals surface area contributed by atoms with E-state index in [1.165, 1.54) is 12.4 Å². The van der Waals surface area contributed by atoms with Crippen molar-refractivity contribution in [2.24, 2.45) is 0 Å².